The van der Waals surface area contributed by atoms with E-state index in [0.717, 1.165) is 18.1 Å². The maximum atomic E-state index is 5.48. The summed E-state index contributed by atoms with van der Waals surface area (Å²) in [6.45, 7) is 11.8. The summed E-state index contributed by atoms with van der Waals surface area (Å²) in [6.07, 6.45) is 0. The number of ether oxygens (including phenoxy) is 1. The summed E-state index contributed by atoms with van der Waals surface area (Å²) < 4.78 is 5.48. The lowest BCUT2D eigenvalue weighted by Gasteiger charge is -2.32. The zero-order chi connectivity index (χ0) is 12.5. The molecule has 1 heterocycles. The first-order valence-corrected chi connectivity index (χ1v) is 5.87. The average Bonchev–Trinajstić information content (AvgIpc) is 2.61. The fourth-order valence-corrected chi connectivity index (χ4v) is 1.95. The molecule has 1 aliphatic rings. The molecule has 2 rings (SSSR count). The number of rotatable bonds is 3. The van der Waals surface area contributed by atoms with Gasteiger partial charge in [0.25, 0.3) is 0 Å². The minimum Gasteiger partial charge on any atom is -0.359 e. The second-order valence-corrected chi connectivity index (χ2v) is 5.16. The normalized spacial score (nSPS) is 18.2. The van der Waals surface area contributed by atoms with Crippen molar-refractivity contribution in [3.8, 4) is 0 Å². The standard InChI is InChI=1S/C14H20N2O/c1-11-5-7-13(8-6-11)15-12(2)16-10-17-9-14(16,3)4/h5-8,15H,2,9-10H2,1,3-4H3. The van der Waals surface area contributed by atoms with Crippen LogP contribution in [-0.2, 0) is 4.74 Å². The van der Waals surface area contributed by atoms with Crippen LogP contribution < -0.4 is 5.32 Å². The van der Waals surface area contributed by atoms with Crippen molar-refractivity contribution in [3.63, 3.8) is 0 Å². The van der Waals surface area contributed by atoms with Gasteiger partial charge in [0.05, 0.1) is 12.1 Å². The summed E-state index contributed by atoms with van der Waals surface area (Å²) in [5.41, 5.74) is 2.32. The zero-order valence-electron chi connectivity index (χ0n) is 10.8. The average molecular weight is 232 g/mol. The number of hydrogen-bond acceptors (Lipinski definition) is 3. The van der Waals surface area contributed by atoms with E-state index in [4.69, 9.17) is 4.74 Å². The first-order chi connectivity index (χ1) is 7.99. The molecule has 0 spiro atoms. The summed E-state index contributed by atoms with van der Waals surface area (Å²) in [7, 11) is 0. The van der Waals surface area contributed by atoms with Crippen molar-refractivity contribution in [2.75, 3.05) is 18.7 Å². The maximum Gasteiger partial charge on any atom is 0.120 e. The number of anilines is 1. The van der Waals surface area contributed by atoms with Crippen LogP contribution in [0.4, 0.5) is 5.69 Å². The van der Waals surface area contributed by atoms with Crippen LogP contribution >= 0.6 is 0 Å². The number of nitrogens with zero attached hydrogens (tertiary/aromatic N) is 1. The van der Waals surface area contributed by atoms with Crippen LogP contribution in [0.15, 0.2) is 36.7 Å². The largest absolute Gasteiger partial charge is 0.359 e. The summed E-state index contributed by atoms with van der Waals surface area (Å²) >= 11 is 0. The highest BCUT2D eigenvalue weighted by Crippen LogP contribution is 2.26. The van der Waals surface area contributed by atoms with E-state index >= 15 is 0 Å². The number of benzene rings is 1. The van der Waals surface area contributed by atoms with Gasteiger partial charge in [-0.2, -0.15) is 0 Å². The highest BCUT2D eigenvalue weighted by atomic mass is 16.5. The number of aryl methyl sites for hydroxylation is 1. The Kier molecular flexibility index (Phi) is 3.11. The lowest BCUT2D eigenvalue weighted by atomic mass is 10.1. The van der Waals surface area contributed by atoms with Gasteiger partial charge in [0.2, 0.25) is 0 Å². The van der Waals surface area contributed by atoms with E-state index in [1.807, 2.05) is 0 Å². The van der Waals surface area contributed by atoms with Crippen LogP contribution in [0.2, 0.25) is 0 Å². The third-order valence-corrected chi connectivity index (χ3v) is 3.07. The monoisotopic (exact) mass is 232 g/mol. The van der Waals surface area contributed by atoms with Gasteiger partial charge in [0.1, 0.15) is 12.6 Å². The molecule has 92 valence electrons. The molecule has 0 aliphatic carbocycles. The van der Waals surface area contributed by atoms with Crippen molar-refractivity contribution in [3.05, 3.63) is 42.2 Å². The summed E-state index contributed by atoms with van der Waals surface area (Å²) in [5, 5.41) is 3.32. The van der Waals surface area contributed by atoms with E-state index in [1.54, 1.807) is 0 Å². The Bertz CT molecular complexity index is 409. The van der Waals surface area contributed by atoms with Crippen LogP contribution in [0, 0.1) is 6.92 Å². The fraction of sp³-hybridized carbons (Fsp3) is 0.429. The van der Waals surface area contributed by atoms with Crippen molar-refractivity contribution in [1.82, 2.24) is 4.90 Å². The molecule has 0 atom stereocenters. The molecule has 3 heteroatoms. The Morgan fingerprint density at radius 3 is 2.53 bits per heavy atom. The Hall–Kier alpha value is -1.48. The van der Waals surface area contributed by atoms with Gasteiger partial charge in [0.15, 0.2) is 0 Å². The molecule has 0 saturated carbocycles. The van der Waals surface area contributed by atoms with Gasteiger partial charge in [-0.25, -0.2) is 0 Å². The second-order valence-electron chi connectivity index (χ2n) is 5.16. The predicted molar refractivity (Wildman–Crippen MR) is 70.7 cm³/mol. The van der Waals surface area contributed by atoms with Gasteiger partial charge in [-0.15, -0.1) is 0 Å². The van der Waals surface area contributed by atoms with Crippen LogP contribution in [0.25, 0.3) is 0 Å². The van der Waals surface area contributed by atoms with Gasteiger partial charge in [0, 0.05) is 5.69 Å². The van der Waals surface area contributed by atoms with E-state index < -0.39 is 0 Å². The van der Waals surface area contributed by atoms with E-state index in [0.29, 0.717) is 6.73 Å². The molecule has 1 N–H and O–H groups in total. The van der Waals surface area contributed by atoms with Gasteiger partial charge in [-0.3, -0.25) is 0 Å². The van der Waals surface area contributed by atoms with Gasteiger partial charge in [-0.05, 0) is 32.9 Å². The highest BCUT2D eigenvalue weighted by Gasteiger charge is 2.33. The van der Waals surface area contributed by atoms with Crippen LogP contribution in [0.3, 0.4) is 0 Å². The van der Waals surface area contributed by atoms with E-state index in [2.05, 4.69) is 61.8 Å². The van der Waals surface area contributed by atoms with E-state index in [9.17, 15) is 0 Å². The molecule has 0 amide bonds. The molecule has 0 radical (unpaired) electrons. The van der Waals surface area contributed by atoms with Crippen molar-refractivity contribution < 1.29 is 4.74 Å². The Morgan fingerprint density at radius 1 is 1.35 bits per heavy atom. The van der Waals surface area contributed by atoms with Gasteiger partial charge in [-0.1, -0.05) is 24.3 Å². The molecular formula is C14H20N2O. The molecule has 1 aromatic carbocycles. The summed E-state index contributed by atoms with van der Waals surface area (Å²) in [4.78, 5) is 2.15. The maximum absolute atomic E-state index is 5.48. The van der Waals surface area contributed by atoms with Gasteiger partial charge >= 0.3 is 0 Å². The van der Waals surface area contributed by atoms with Crippen LogP contribution in [0.1, 0.15) is 19.4 Å². The van der Waals surface area contributed by atoms with Gasteiger partial charge < -0.3 is 15.0 Å². The van der Waals surface area contributed by atoms with Crippen LogP contribution in [-0.4, -0.2) is 23.8 Å². The minimum absolute atomic E-state index is 0.00871. The Morgan fingerprint density at radius 2 is 2.00 bits per heavy atom. The smallest absolute Gasteiger partial charge is 0.120 e. The fourth-order valence-electron chi connectivity index (χ4n) is 1.95. The third kappa shape index (κ3) is 2.61. The van der Waals surface area contributed by atoms with Crippen molar-refractivity contribution in [2.45, 2.75) is 26.3 Å². The quantitative estimate of drug-likeness (QED) is 0.867. The van der Waals surface area contributed by atoms with Crippen LogP contribution in [0.5, 0.6) is 0 Å². The summed E-state index contributed by atoms with van der Waals surface area (Å²) in [6, 6.07) is 8.29. The molecule has 0 unspecified atom stereocenters. The third-order valence-electron chi connectivity index (χ3n) is 3.07. The minimum atomic E-state index is 0.00871. The number of nitrogens with one attached hydrogen (secondary N) is 1. The lowest BCUT2D eigenvalue weighted by Crippen LogP contribution is -2.41. The SMILES string of the molecule is C=C(Nc1ccc(C)cc1)N1COCC1(C)C. The first-order valence-electron chi connectivity index (χ1n) is 5.87. The number of hydrogen-bond donors (Lipinski definition) is 1. The lowest BCUT2D eigenvalue weighted by molar-refractivity contribution is 0.156. The molecule has 17 heavy (non-hydrogen) atoms. The Balaban J connectivity index is 2.04. The Labute approximate surface area is 103 Å². The van der Waals surface area contributed by atoms with E-state index in [-0.39, 0.29) is 5.54 Å². The second kappa shape index (κ2) is 4.41. The van der Waals surface area contributed by atoms with E-state index in [1.165, 1.54) is 5.56 Å². The summed E-state index contributed by atoms with van der Waals surface area (Å²) in [5.74, 6) is 0.886. The molecule has 1 aliphatic heterocycles. The molecule has 3 nitrogen and oxygen atoms in total. The molecular weight excluding hydrogens is 212 g/mol. The molecule has 0 bridgehead atoms. The molecule has 1 saturated heterocycles. The zero-order valence-corrected chi connectivity index (χ0v) is 10.8. The van der Waals surface area contributed by atoms with Crippen molar-refractivity contribution in [2.24, 2.45) is 0 Å². The molecule has 1 fully saturated rings. The molecule has 1 aromatic rings. The highest BCUT2D eigenvalue weighted by molar-refractivity contribution is 5.48. The first kappa shape index (κ1) is 12.0. The topological polar surface area (TPSA) is 24.5 Å². The van der Waals surface area contributed by atoms with Crippen molar-refractivity contribution >= 4 is 5.69 Å². The van der Waals surface area contributed by atoms with Crippen molar-refractivity contribution in [1.29, 1.82) is 0 Å². The predicted octanol–water partition coefficient (Wildman–Crippen LogP) is 2.95. The molecule has 0 aromatic heterocycles.